The lowest BCUT2D eigenvalue weighted by Gasteiger charge is -2.42. The quantitative estimate of drug-likeness (QED) is 0.844. The van der Waals surface area contributed by atoms with E-state index in [9.17, 15) is 18.7 Å². The Balaban J connectivity index is 2.02. The monoisotopic (exact) mass is 366 g/mol. The third kappa shape index (κ3) is 3.72. The molecule has 2 aromatic heterocycles. The molecule has 1 N–H and O–H groups in total. The number of rotatable bonds is 6. The molecule has 0 spiro atoms. The summed E-state index contributed by atoms with van der Waals surface area (Å²) in [4.78, 5) is 16.7. The largest absolute Gasteiger partial charge is 0.492 e. The van der Waals surface area contributed by atoms with E-state index in [1.807, 2.05) is 0 Å². The van der Waals surface area contributed by atoms with Crippen LogP contribution < -0.4 is 10.3 Å². The van der Waals surface area contributed by atoms with E-state index in [0.717, 1.165) is 12.5 Å². The fraction of sp³-hybridized carbons (Fsp3) is 0.579. The van der Waals surface area contributed by atoms with Crippen molar-refractivity contribution in [1.29, 1.82) is 0 Å². The van der Waals surface area contributed by atoms with Gasteiger partial charge in [0.1, 0.15) is 11.4 Å². The number of aromatic nitrogens is 2. The Kier molecular flexibility index (Phi) is 5.01. The molecule has 1 aliphatic rings. The molecule has 3 rings (SSSR count). The van der Waals surface area contributed by atoms with Crippen LogP contribution in [-0.4, -0.2) is 26.9 Å². The van der Waals surface area contributed by atoms with Gasteiger partial charge in [-0.1, -0.05) is 13.8 Å². The van der Waals surface area contributed by atoms with Gasteiger partial charge in [0.05, 0.1) is 18.4 Å². The zero-order valence-corrected chi connectivity index (χ0v) is 15.2. The summed E-state index contributed by atoms with van der Waals surface area (Å²) in [6.07, 6.45) is 0.313. The second-order valence-corrected chi connectivity index (χ2v) is 7.74. The lowest BCUT2D eigenvalue weighted by Crippen LogP contribution is -2.45. The van der Waals surface area contributed by atoms with Crippen molar-refractivity contribution in [3.8, 4) is 5.75 Å². The van der Waals surface area contributed by atoms with E-state index in [4.69, 9.17) is 4.74 Å². The maximum absolute atomic E-state index is 13.5. The minimum Gasteiger partial charge on any atom is -0.492 e. The first kappa shape index (κ1) is 18.8. The molecule has 1 saturated carbocycles. The van der Waals surface area contributed by atoms with Crippen LogP contribution in [0.15, 0.2) is 23.1 Å². The summed E-state index contributed by atoms with van der Waals surface area (Å²) in [6, 6.07) is 2.25. The Labute approximate surface area is 150 Å². The van der Waals surface area contributed by atoms with Gasteiger partial charge in [0.25, 0.3) is 12.0 Å². The Hall–Kier alpha value is -2.02. The molecular weight excluding hydrogens is 342 g/mol. The van der Waals surface area contributed by atoms with Crippen LogP contribution in [-0.2, 0) is 0 Å². The predicted molar refractivity (Wildman–Crippen MR) is 94.8 cm³/mol. The highest BCUT2D eigenvalue weighted by Gasteiger charge is 2.40. The fourth-order valence-electron chi connectivity index (χ4n) is 3.39. The zero-order valence-electron chi connectivity index (χ0n) is 15.2. The minimum atomic E-state index is -2.78. The van der Waals surface area contributed by atoms with E-state index in [1.165, 1.54) is 16.8 Å². The maximum Gasteiger partial charge on any atom is 0.264 e. The highest BCUT2D eigenvalue weighted by Crippen LogP contribution is 2.42. The first-order valence-corrected chi connectivity index (χ1v) is 8.86. The van der Waals surface area contributed by atoms with Gasteiger partial charge < -0.3 is 9.84 Å². The molecule has 26 heavy (non-hydrogen) atoms. The summed E-state index contributed by atoms with van der Waals surface area (Å²) in [6.45, 7) is 6.31. The van der Waals surface area contributed by atoms with Crippen molar-refractivity contribution in [2.24, 2.45) is 5.92 Å². The van der Waals surface area contributed by atoms with Gasteiger partial charge in [0.15, 0.2) is 0 Å². The van der Waals surface area contributed by atoms with Crippen LogP contribution in [0.25, 0.3) is 11.0 Å². The van der Waals surface area contributed by atoms with Gasteiger partial charge in [-0.3, -0.25) is 9.36 Å². The van der Waals surface area contributed by atoms with Gasteiger partial charge in [-0.15, -0.1) is 0 Å². The van der Waals surface area contributed by atoms with Crippen LogP contribution in [0.3, 0.4) is 0 Å². The van der Waals surface area contributed by atoms with E-state index in [2.05, 4.69) is 18.8 Å². The number of nitrogens with zero attached hydrogens (tertiary/aromatic N) is 2. The van der Waals surface area contributed by atoms with Gasteiger partial charge in [-0.05, 0) is 38.2 Å². The molecule has 0 bridgehead atoms. The van der Waals surface area contributed by atoms with Crippen LogP contribution in [0.5, 0.6) is 5.75 Å². The van der Waals surface area contributed by atoms with Crippen molar-refractivity contribution < 1.29 is 18.6 Å². The lowest BCUT2D eigenvalue weighted by atomic mass is 9.77. The highest BCUT2D eigenvalue weighted by atomic mass is 19.3. The summed E-state index contributed by atoms with van der Waals surface area (Å²) in [5.41, 5.74) is -1.48. The Morgan fingerprint density at radius 2 is 2.08 bits per heavy atom. The van der Waals surface area contributed by atoms with Gasteiger partial charge in [0.2, 0.25) is 0 Å². The minimum absolute atomic E-state index is 0.213. The van der Waals surface area contributed by atoms with Crippen LogP contribution >= 0.6 is 0 Å². The van der Waals surface area contributed by atoms with Gasteiger partial charge >= 0.3 is 0 Å². The number of ether oxygens (including phenoxy) is 1. The molecule has 0 amide bonds. The average Bonchev–Trinajstić information content (AvgIpc) is 2.51. The van der Waals surface area contributed by atoms with E-state index in [-0.39, 0.29) is 22.6 Å². The fourth-order valence-corrected chi connectivity index (χ4v) is 3.39. The van der Waals surface area contributed by atoms with Crippen LogP contribution in [0, 0.1) is 5.92 Å². The second kappa shape index (κ2) is 6.95. The molecule has 0 aliphatic heterocycles. The summed E-state index contributed by atoms with van der Waals surface area (Å²) < 4.78 is 34.0. The number of pyridine rings is 2. The third-order valence-corrected chi connectivity index (χ3v) is 4.81. The first-order valence-electron chi connectivity index (χ1n) is 8.86. The molecule has 0 radical (unpaired) electrons. The molecule has 1 fully saturated rings. The van der Waals surface area contributed by atoms with Crippen molar-refractivity contribution in [2.45, 2.75) is 58.1 Å². The number of alkyl halides is 2. The highest BCUT2D eigenvalue weighted by molar-refractivity contribution is 5.80. The SMILES string of the molecule is CC(C)CCOc1cnc2c(c1)c(C(F)F)cc(=O)n2[C@H]1C[C@@](C)(O)C1. The lowest BCUT2D eigenvalue weighted by molar-refractivity contribution is -0.0507. The van der Waals surface area contributed by atoms with E-state index < -0.39 is 17.6 Å². The topological polar surface area (TPSA) is 64.3 Å². The summed E-state index contributed by atoms with van der Waals surface area (Å²) in [5, 5.41) is 10.2. The molecule has 2 aromatic rings. The summed E-state index contributed by atoms with van der Waals surface area (Å²) in [7, 11) is 0. The number of hydrogen-bond acceptors (Lipinski definition) is 4. The summed E-state index contributed by atoms with van der Waals surface area (Å²) in [5.74, 6) is 0.877. The maximum atomic E-state index is 13.5. The van der Waals surface area contributed by atoms with E-state index in [0.29, 0.717) is 31.1 Å². The Morgan fingerprint density at radius 3 is 2.65 bits per heavy atom. The molecule has 0 unspecified atom stereocenters. The van der Waals surface area contributed by atoms with Crippen molar-refractivity contribution in [1.82, 2.24) is 9.55 Å². The van der Waals surface area contributed by atoms with Crippen LogP contribution in [0.2, 0.25) is 0 Å². The van der Waals surface area contributed by atoms with Crippen molar-refractivity contribution >= 4 is 11.0 Å². The Morgan fingerprint density at radius 1 is 1.38 bits per heavy atom. The molecule has 5 nitrogen and oxygen atoms in total. The van der Waals surface area contributed by atoms with Crippen molar-refractivity contribution in [3.05, 3.63) is 34.2 Å². The molecule has 0 aromatic carbocycles. The molecule has 142 valence electrons. The number of hydrogen-bond donors (Lipinski definition) is 1. The number of aliphatic hydroxyl groups is 1. The van der Waals surface area contributed by atoms with Crippen molar-refractivity contribution in [3.63, 3.8) is 0 Å². The molecule has 7 heteroatoms. The van der Waals surface area contributed by atoms with E-state index >= 15 is 0 Å². The molecule has 0 atom stereocenters. The zero-order chi connectivity index (χ0) is 19.1. The summed E-state index contributed by atoms with van der Waals surface area (Å²) >= 11 is 0. The van der Waals surface area contributed by atoms with Gasteiger partial charge in [-0.2, -0.15) is 0 Å². The van der Waals surface area contributed by atoms with Crippen LogP contribution in [0.1, 0.15) is 58.1 Å². The Bertz CT molecular complexity index is 854. The molecule has 1 aliphatic carbocycles. The normalized spacial score (nSPS) is 22.8. The third-order valence-electron chi connectivity index (χ3n) is 4.81. The first-order chi connectivity index (χ1) is 12.2. The second-order valence-electron chi connectivity index (χ2n) is 7.74. The average molecular weight is 366 g/mol. The van der Waals surface area contributed by atoms with Crippen molar-refractivity contribution in [2.75, 3.05) is 6.61 Å². The number of fused-ring (bicyclic) bond motifs is 1. The van der Waals surface area contributed by atoms with E-state index in [1.54, 1.807) is 6.92 Å². The van der Waals surface area contributed by atoms with Gasteiger partial charge in [-0.25, -0.2) is 13.8 Å². The molecule has 2 heterocycles. The molecule has 0 saturated heterocycles. The van der Waals surface area contributed by atoms with Crippen LogP contribution in [0.4, 0.5) is 8.78 Å². The number of halogens is 2. The predicted octanol–water partition coefficient (Wildman–Crippen LogP) is 3.84. The smallest absolute Gasteiger partial charge is 0.264 e. The standard InChI is InChI=1S/C19H24F2N2O3/c1-11(2)4-5-26-13-6-15-14(17(20)21)7-16(24)23(18(15)22-10-13)12-8-19(3,25)9-12/h6-7,10-12,17,25H,4-5,8-9H2,1-3H3/t12-,19+. The van der Waals surface area contributed by atoms with Gasteiger partial charge in [0, 0.05) is 23.1 Å². The molecular formula is C19H24F2N2O3.